The van der Waals surface area contributed by atoms with E-state index in [1.165, 1.54) is 10.5 Å². The molecule has 0 radical (unpaired) electrons. The van der Waals surface area contributed by atoms with Crippen LogP contribution in [0.5, 0.6) is 0 Å². The number of aryl methyl sites for hydroxylation is 1. The van der Waals surface area contributed by atoms with Crippen LogP contribution in [0.15, 0.2) is 53.6 Å². The molecule has 1 aromatic carbocycles. The number of thioether (sulfide) groups is 1. The Morgan fingerprint density at radius 1 is 1.26 bits per heavy atom. The number of aromatic nitrogens is 1. The number of anilines is 1. The Balaban J connectivity index is 1.99. The average molecular weight is 326 g/mol. The average Bonchev–Trinajstić information content (AvgIpc) is 3.01. The third-order valence-electron chi connectivity index (χ3n) is 3.79. The zero-order chi connectivity index (χ0) is 16.6. The van der Waals surface area contributed by atoms with E-state index in [2.05, 4.69) is 31.1 Å². The second kappa shape index (κ2) is 6.08. The van der Waals surface area contributed by atoms with Crippen LogP contribution in [0.4, 0.5) is 10.5 Å². The molecule has 0 saturated carbocycles. The number of carbonyl (C=O) groups excluding carboxylic acids is 2. The van der Waals surface area contributed by atoms with E-state index in [4.69, 9.17) is 0 Å². The molecule has 0 spiro atoms. The first kappa shape index (κ1) is 15.6. The summed E-state index contributed by atoms with van der Waals surface area (Å²) in [5.74, 6) is -0.329. The fourth-order valence-corrected chi connectivity index (χ4v) is 3.36. The summed E-state index contributed by atoms with van der Waals surface area (Å²) in [6, 6.07) is 7.65. The van der Waals surface area contributed by atoms with Gasteiger partial charge in [0.1, 0.15) is 0 Å². The normalized spacial score (nSPS) is 14.9. The minimum atomic E-state index is -0.329. The van der Waals surface area contributed by atoms with Gasteiger partial charge in [-0.25, -0.2) is 4.90 Å². The van der Waals surface area contributed by atoms with Gasteiger partial charge in [0.25, 0.3) is 11.1 Å². The number of amides is 2. The van der Waals surface area contributed by atoms with E-state index in [-0.39, 0.29) is 16.1 Å². The molecule has 118 valence electrons. The predicted octanol–water partition coefficient (Wildman–Crippen LogP) is 4.71. The zero-order valence-corrected chi connectivity index (χ0v) is 14.0. The first-order chi connectivity index (χ1) is 11.0. The Kier molecular flexibility index (Phi) is 4.13. The second-order valence-corrected chi connectivity index (χ2v) is 6.77. The number of allylic oxidation sites excluding steroid dienone is 2. The Bertz CT molecular complexity index is 844. The highest BCUT2D eigenvalue weighted by Crippen LogP contribution is 2.37. The van der Waals surface area contributed by atoms with Crippen LogP contribution in [0, 0.1) is 0 Å². The summed E-state index contributed by atoms with van der Waals surface area (Å²) in [6.45, 7) is 8.67. The fraction of sp³-hybridized carbons (Fsp3) is 0.222. The summed E-state index contributed by atoms with van der Waals surface area (Å²) in [6.07, 6.45) is 5.15. The summed E-state index contributed by atoms with van der Waals surface area (Å²) in [7, 11) is 0. The Morgan fingerprint density at radius 3 is 2.70 bits per heavy atom. The maximum atomic E-state index is 12.2. The summed E-state index contributed by atoms with van der Waals surface area (Å²) in [5.41, 5.74) is 2.95. The summed E-state index contributed by atoms with van der Waals surface area (Å²) < 4.78 is 2.14. The SMILES string of the molecule is C=C1SC(=O)N(c2cccc3c2ccn3CCC=C(C)C)C1=O. The first-order valence-electron chi connectivity index (χ1n) is 7.45. The van der Waals surface area contributed by atoms with E-state index >= 15 is 0 Å². The van der Waals surface area contributed by atoms with Crippen molar-refractivity contribution in [2.45, 2.75) is 26.8 Å². The number of hydrogen-bond donors (Lipinski definition) is 0. The molecule has 0 aliphatic carbocycles. The smallest absolute Gasteiger partial charge is 0.298 e. The van der Waals surface area contributed by atoms with Crippen LogP contribution in [0.1, 0.15) is 20.3 Å². The molecule has 5 heteroatoms. The van der Waals surface area contributed by atoms with Crippen molar-refractivity contribution in [3.63, 3.8) is 0 Å². The van der Waals surface area contributed by atoms with Crippen LogP contribution in [-0.2, 0) is 11.3 Å². The zero-order valence-electron chi connectivity index (χ0n) is 13.2. The van der Waals surface area contributed by atoms with Crippen molar-refractivity contribution in [2.24, 2.45) is 0 Å². The maximum Gasteiger partial charge on any atom is 0.298 e. The quantitative estimate of drug-likeness (QED) is 0.603. The second-order valence-electron chi connectivity index (χ2n) is 5.72. The van der Waals surface area contributed by atoms with Crippen molar-refractivity contribution in [1.82, 2.24) is 4.57 Å². The van der Waals surface area contributed by atoms with Crippen molar-refractivity contribution in [3.8, 4) is 0 Å². The number of fused-ring (bicyclic) bond motifs is 1. The van der Waals surface area contributed by atoms with Crippen molar-refractivity contribution >= 4 is 39.5 Å². The standard InChI is InChI=1S/C18H18N2O2S/c1-12(2)6-5-10-19-11-9-14-15(19)7-4-8-16(14)20-17(21)13(3)23-18(20)22/h4,6-9,11H,3,5,10H2,1-2H3. The summed E-state index contributed by atoms with van der Waals surface area (Å²) >= 11 is 0.892. The molecule has 1 aromatic heterocycles. The molecule has 2 heterocycles. The van der Waals surface area contributed by atoms with Gasteiger partial charge >= 0.3 is 0 Å². The molecule has 1 saturated heterocycles. The van der Waals surface area contributed by atoms with Crippen LogP contribution >= 0.6 is 11.8 Å². The van der Waals surface area contributed by atoms with Gasteiger partial charge in [-0.3, -0.25) is 9.59 Å². The Hall–Kier alpha value is -2.27. The molecule has 2 amide bonds. The molecule has 3 rings (SSSR count). The van der Waals surface area contributed by atoms with Crippen LogP contribution in [0.3, 0.4) is 0 Å². The van der Waals surface area contributed by atoms with E-state index < -0.39 is 0 Å². The van der Waals surface area contributed by atoms with Crippen molar-refractivity contribution < 1.29 is 9.59 Å². The molecular formula is C18H18N2O2S. The molecule has 23 heavy (non-hydrogen) atoms. The largest absolute Gasteiger partial charge is 0.347 e. The molecule has 0 atom stereocenters. The highest BCUT2D eigenvalue weighted by atomic mass is 32.2. The van der Waals surface area contributed by atoms with Gasteiger partial charge < -0.3 is 4.57 Å². The predicted molar refractivity (Wildman–Crippen MR) is 95.6 cm³/mol. The first-order valence-corrected chi connectivity index (χ1v) is 8.27. The number of carbonyl (C=O) groups is 2. The van der Waals surface area contributed by atoms with Crippen LogP contribution < -0.4 is 4.90 Å². The lowest BCUT2D eigenvalue weighted by atomic mass is 10.2. The number of nitrogens with zero attached hydrogens (tertiary/aromatic N) is 2. The van der Waals surface area contributed by atoms with Gasteiger partial charge in [-0.05, 0) is 50.2 Å². The molecule has 4 nitrogen and oxygen atoms in total. The van der Waals surface area contributed by atoms with Crippen LogP contribution in [0.2, 0.25) is 0 Å². The monoisotopic (exact) mass is 326 g/mol. The van der Waals surface area contributed by atoms with Gasteiger partial charge in [0.05, 0.1) is 16.1 Å². The molecule has 0 N–H and O–H groups in total. The Morgan fingerprint density at radius 2 is 2.04 bits per heavy atom. The van der Waals surface area contributed by atoms with Gasteiger partial charge in [0.2, 0.25) is 0 Å². The van der Waals surface area contributed by atoms with Crippen LogP contribution in [0.25, 0.3) is 10.9 Å². The third-order valence-corrected chi connectivity index (χ3v) is 4.57. The van der Waals surface area contributed by atoms with Gasteiger partial charge in [-0.2, -0.15) is 0 Å². The van der Waals surface area contributed by atoms with E-state index in [0.717, 1.165) is 35.6 Å². The van der Waals surface area contributed by atoms with E-state index in [9.17, 15) is 9.59 Å². The minimum Gasteiger partial charge on any atom is -0.347 e. The molecule has 1 aliphatic rings. The summed E-state index contributed by atoms with van der Waals surface area (Å²) in [5, 5.41) is 0.617. The number of benzene rings is 1. The minimum absolute atomic E-state index is 0.273. The molecular weight excluding hydrogens is 308 g/mol. The van der Waals surface area contributed by atoms with Crippen LogP contribution in [-0.4, -0.2) is 15.7 Å². The number of rotatable bonds is 4. The van der Waals surface area contributed by atoms with Gasteiger partial charge in [-0.1, -0.05) is 24.3 Å². The summed E-state index contributed by atoms with van der Waals surface area (Å²) in [4.78, 5) is 25.8. The lowest BCUT2D eigenvalue weighted by molar-refractivity contribution is -0.113. The molecule has 0 bridgehead atoms. The molecule has 2 aromatic rings. The topological polar surface area (TPSA) is 42.3 Å². The highest BCUT2D eigenvalue weighted by Gasteiger charge is 2.35. The van der Waals surface area contributed by atoms with Crippen molar-refractivity contribution in [2.75, 3.05) is 4.90 Å². The van der Waals surface area contributed by atoms with Crippen molar-refractivity contribution in [1.29, 1.82) is 0 Å². The lowest BCUT2D eigenvalue weighted by Gasteiger charge is -2.14. The number of imide groups is 1. The molecule has 1 fully saturated rings. The Labute approximate surface area is 139 Å². The lowest BCUT2D eigenvalue weighted by Crippen LogP contribution is -2.27. The third kappa shape index (κ3) is 2.84. The van der Waals surface area contributed by atoms with Gasteiger partial charge in [-0.15, -0.1) is 0 Å². The van der Waals surface area contributed by atoms with E-state index in [0.29, 0.717) is 5.69 Å². The number of hydrogen-bond acceptors (Lipinski definition) is 3. The molecule has 1 aliphatic heterocycles. The fourth-order valence-electron chi connectivity index (χ4n) is 2.70. The van der Waals surface area contributed by atoms with E-state index in [1.807, 2.05) is 24.4 Å². The highest BCUT2D eigenvalue weighted by molar-refractivity contribution is 8.18. The van der Waals surface area contributed by atoms with E-state index in [1.54, 1.807) is 6.07 Å². The van der Waals surface area contributed by atoms with Gasteiger partial charge in [0, 0.05) is 18.1 Å². The van der Waals surface area contributed by atoms with Gasteiger partial charge in [0.15, 0.2) is 0 Å². The molecule has 0 unspecified atom stereocenters. The maximum absolute atomic E-state index is 12.2. The van der Waals surface area contributed by atoms with Crippen molar-refractivity contribution in [3.05, 3.63) is 53.6 Å².